The van der Waals surface area contributed by atoms with Crippen LogP contribution in [0.3, 0.4) is 0 Å². The standard InChI is InChI=1S/C7H5Cl4N/c1-4-5(8)2-3-12-6(4)7(9,10)11/h2-3H,1H3. The molecule has 0 aliphatic rings. The van der Waals surface area contributed by atoms with Crippen molar-refractivity contribution in [3.05, 3.63) is 28.5 Å². The Kier molecular flexibility index (Phi) is 3.11. The Labute approximate surface area is 90.6 Å². The van der Waals surface area contributed by atoms with Crippen molar-refractivity contribution in [2.45, 2.75) is 10.7 Å². The number of pyridine rings is 1. The maximum atomic E-state index is 5.80. The van der Waals surface area contributed by atoms with Gasteiger partial charge in [-0.3, -0.25) is 4.98 Å². The molecule has 0 unspecified atom stereocenters. The Bertz CT molecular complexity index is 292. The minimum atomic E-state index is -1.50. The molecule has 0 aromatic carbocycles. The van der Waals surface area contributed by atoms with Crippen molar-refractivity contribution in [2.24, 2.45) is 0 Å². The van der Waals surface area contributed by atoms with Gasteiger partial charge in [0.05, 0.1) is 5.69 Å². The highest BCUT2D eigenvalue weighted by atomic mass is 35.6. The molecule has 0 fully saturated rings. The number of nitrogens with zero attached hydrogens (tertiary/aromatic N) is 1. The lowest BCUT2D eigenvalue weighted by molar-refractivity contribution is 1.05. The summed E-state index contributed by atoms with van der Waals surface area (Å²) in [7, 11) is 0. The second-order valence-electron chi connectivity index (χ2n) is 2.26. The van der Waals surface area contributed by atoms with E-state index in [0.717, 1.165) is 0 Å². The summed E-state index contributed by atoms with van der Waals surface area (Å²) < 4.78 is -1.50. The summed E-state index contributed by atoms with van der Waals surface area (Å²) in [5.41, 5.74) is 1.07. The van der Waals surface area contributed by atoms with E-state index < -0.39 is 3.79 Å². The second-order valence-corrected chi connectivity index (χ2v) is 4.95. The molecule has 0 radical (unpaired) electrons. The molecular weight excluding hydrogens is 240 g/mol. The van der Waals surface area contributed by atoms with Crippen LogP contribution in [0.15, 0.2) is 12.3 Å². The molecule has 0 amide bonds. The lowest BCUT2D eigenvalue weighted by Crippen LogP contribution is -2.06. The molecule has 1 nitrogen and oxygen atoms in total. The quantitative estimate of drug-likeness (QED) is 0.632. The molecule has 5 heteroatoms. The number of hydrogen-bond acceptors (Lipinski definition) is 1. The van der Waals surface area contributed by atoms with Crippen molar-refractivity contribution in [1.29, 1.82) is 0 Å². The largest absolute Gasteiger partial charge is 0.256 e. The fourth-order valence-electron chi connectivity index (χ4n) is 0.798. The normalized spacial score (nSPS) is 11.8. The molecular formula is C7H5Cl4N. The van der Waals surface area contributed by atoms with Crippen molar-refractivity contribution < 1.29 is 0 Å². The number of hydrogen-bond donors (Lipinski definition) is 0. The van der Waals surface area contributed by atoms with E-state index in [1.54, 1.807) is 13.0 Å². The summed E-state index contributed by atoms with van der Waals surface area (Å²) in [6, 6.07) is 1.65. The lowest BCUT2D eigenvalue weighted by Gasteiger charge is -2.13. The van der Waals surface area contributed by atoms with Crippen LogP contribution in [0.2, 0.25) is 5.02 Å². The van der Waals surface area contributed by atoms with Gasteiger partial charge < -0.3 is 0 Å². The monoisotopic (exact) mass is 243 g/mol. The van der Waals surface area contributed by atoms with E-state index in [1.165, 1.54) is 6.20 Å². The number of aromatic nitrogens is 1. The number of alkyl halides is 3. The van der Waals surface area contributed by atoms with Crippen molar-refractivity contribution in [3.63, 3.8) is 0 Å². The highest BCUT2D eigenvalue weighted by Crippen LogP contribution is 2.39. The predicted octanol–water partition coefficient (Wildman–Crippen LogP) is 3.87. The first-order chi connectivity index (χ1) is 5.43. The molecule has 12 heavy (non-hydrogen) atoms. The van der Waals surface area contributed by atoms with E-state index in [4.69, 9.17) is 46.4 Å². The predicted molar refractivity (Wildman–Crippen MR) is 53.2 cm³/mol. The van der Waals surface area contributed by atoms with Crippen LogP contribution in [-0.2, 0) is 3.79 Å². The molecule has 0 atom stereocenters. The van der Waals surface area contributed by atoms with E-state index in [0.29, 0.717) is 16.3 Å². The van der Waals surface area contributed by atoms with Crippen LogP contribution in [0.4, 0.5) is 0 Å². The third-order valence-corrected chi connectivity index (χ3v) is 2.35. The molecule has 0 N–H and O–H groups in total. The Morgan fingerprint density at radius 2 is 1.92 bits per heavy atom. The van der Waals surface area contributed by atoms with Gasteiger partial charge in [0.2, 0.25) is 3.79 Å². The molecule has 0 saturated heterocycles. The smallest absolute Gasteiger partial charge is 0.232 e. The van der Waals surface area contributed by atoms with Gasteiger partial charge in [0, 0.05) is 11.2 Å². The Hall–Kier alpha value is 0.310. The summed E-state index contributed by atoms with van der Waals surface area (Å²) in [6.45, 7) is 1.76. The second kappa shape index (κ2) is 3.59. The Morgan fingerprint density at radius 3 is 2.33 bits per heavy atom. The van der Waals surface area contributed by atoms with Gasteiger partial charge in [-0.15, -0.1) is 0 Å². The zero-order valence-electron chi connectivity index (χ0n) is 6.11. The fraction of sp³-hybridized carbons (Fsp3) is 0.286. The van der Waals surface area contributed by atoms with Gasteiger partial charge in [0.25, 0.3) is 0 Å². The van der Waals surface area contributed by atoms with E-state index in [9.17, 15) is 0 Å². The fourth-order valence-corrected chi connectivity index (χ4v) is 1.52. The molecule has 0 saturated carbocycles. The molecule has 0 spiro atoms. The van der Waals surface area contributed by atoms with Crippen LogP contribution in [0.1, 0.15) is 11.3 Å². The van der Waals surface area contributed by atoms with Gasteiger partial charge in [-0.1, -0.05) is 46.4 Å². The van der Waals surface area contributed by atoms with Gasteiger partial charge in [-0.25, -0.2) is 0 Å². The molecule has 0 bridgehead atoms. The molecule has 1 aromatic rings. The minimum absolute atomic E-state index is 0.375. The molecule has 1 rings (SSSR count). The lowest BCUT2D eigenvalue weighted by atomic mass is 10.2. The van der Waals surface area contributed by atoms with Crippen LogP contribution in [0, 0.1) is 6.92 Å². The molecule has 0 aliphatic carbocycles. The van der Waals surface area contributed by atoms with Crippen molar-refractivity contribution in [2.75, 3.05) is 0 Å². The van der Waals surface area contributed by atoms with Gasteiger partial charge in [-0.05, 0) is 18.6 Å². The topological polar surface area (TPSA) is 12.9 Å². The van der Waals surface area contributed by atoms with Gasteiger partial charge in [0.15, 0.2) is 0 Å². The Morgan fingerprint density at radius 1 is 1.33 bits per heavy atom. The minimum Gasteiger partial charge on any atom is -0.256 e. The van der Waals surface area contributed by atoms with E-state index in [-0.39, 0.29) is 0 Å². The van der Waals surface area contributed by atoms with Crippen molar-refractivity contribution in [3.8, 4) is 0 Å². The van der Waals surface area contributed by atoms with Gasteiger partial charge in [-0.2, -0.15) is 0 Å². The summed E-state index contributed by atoms with van der Waals surface area (Å²) in [6.07, 6.45) is 1.51. The summed E-state index contributed by atoms with van der Waals surface area (Å²) in [5, 5.41) is 0.548. The molecule has 1 aromatic heterocycles. The van der Waals surface area contributed by atoms with Crippen LogP contribution in [-0.4, -0.2) is 4.98 Å². The molecule has 1 heterocycles. The first kappa shape index (κ1) is 10.4. The van der Waals surface area contributed by atoms with Crippen molar-refractivity contribution in [1.82, 2.24) is 4.98 Å². The first-order valence-electron chi connectivity index (χ1n) is 3.11. The van der Waals surface area contributed by atoms with E-state index >= 15 is 0 Å². The van der Waals surface area contributed by atoms with Crippen molar-refractivity contribution >= 4 is 46.4 Å². The highest BCUT2D eigenvalue weighted by molar-refractivity contribution is 6.66. The number of rotatable bonds is 0. The third-order valence-electron chi connectivity index (χ3n) is 1.41. The van der Waals surface area contributed by atoms with Crippen LogP contribution in [0.5, 0.6) is 0 Å². The van der Waals surface area contributed by atoms with Crippen LogP contribution < -0.4 is 0 Å². The average Bonchev–Trinajstić information content (AvgIpc) is 1.92. The maximum Gasteiger partial charge on any atom is 0.232 e. The van der Waals surface area contributed by atoms with E-state index in [1.807, 2.05) is 0 Å². The Balaban J connectivity index is 3.26. The SMILES string of the molecule is Cc1c(Cl)ccnc1C(Cl)(Cl)Cl. The highest BCUT2D eigenvalue weighted by Gasteiger charge is 2.27. The average molecular weight is 245 g/mol. The summed E-state index contributed by atoms with van der Waals surface area (Å²) >= 11 is 22.7. The zero-order chi connectivity index (χ0) is 9.35. The van der Waals surface area contributed by atoms with E-state index in [2.05, 4.69) is 4.98 Å². The third kappa shape index (κ3) is 2.17. The summed E-state index contributed by atoms with van der Waals surface area (Å²) in [5.74, 6) is 0. The maximum absolute atomic E-state index is 5.80. The zero-order valence-corrected chi connectivity index (χ0v) is 9.14. The van der Waals surface area contributed by atoms with Crippen LogP contribution in [0.25, 0.3) is 0 Å². The van der Waals surface area contributed by atoms with Gasteiger partial charge in [0.1, 0.15) is 0 Å². The molecule has 66 valence electrons. The molecule has 0 aliphatic heterocycles. The summed E-state index contributed by atoms with van der Waals surface area (Å²) in [4.78, 5) is 3.93. The van der Waals surface area contributed by atoms with Gasteiger partial charge >= 0.3 is 0 Å². The van der Waals surface area contributed by atoms with Crippen LogP contribution >= 0.6 is 46.4 Å². The number of halogens is 4. The first-order valence-corrected chi connectivity index (χ1v) is 4.62.